The summed E-state index contributed by atoms with van der Waals surface area (Å²) in [5.41, 5.74) is 5.40. The zero-order chi connectivity index (χ0) is 15.1. The summed E-state index contributed by atoms with van der Waals surface area (Å²) in [6.07, 6.45) is 0.747. The van der Waals surface area contributed by atoms with Crippen molar-refractivity contribution in [3.05, 3.63) is 39.7 Å². The van der Waals surface area contributed by atoms with Gasteiger partial charge in [-0.3, -0.25) is 14.9 Å². The number of ether oxygens (including phenoxy) is 1. The third kappa shape index (κ3) is 2.36. The quantitative estimate of drug-likeness (QED) is 0.626. The van der Waals surface area contributed by atoms with Gasteiger partial charge in [-0.25, -0.2) is 4.39 Å². The van der Waals surface area contributed by atoms with Crippen molar-refractivity contribution in [3.63, 3.8) is 0 Å². The van der Waals surface area contributed by atoms with E-state index in [-0.39, 0.29) is 29.7 Å². The Morgan fingerprint density at radius 1 is 1.48 bits per heavy atom. The van der Waals surface area contributed by atoms with E-state index in [0.29, 0.717) is 6.61 Å². The fourth-order valence-corrected chi connectivity index (χ4v) is 2.97. The maximum Gasteiger partial charge on any atom is 0.273 e. The normalized spacial score (nSPS) is 30.4. The van der Waals surface area contributed by atoms with Crippen LogP contribution in [0.25, 0.3) is 0 Å². The highest BCUT2D eigenvalue weighted by atomic mass is 19.1. The lowest BCUT2D eigenvalue weighted by atomic mass is 9.72. The van der Waals surface area contributed by atoms with Crippen LogP contribution in [0, 0.1) is 21.8 Å². The number of hydrogen-bond donors (Lipinski definition) is 2. The minimum absolute atomic E-state index is 0.102. The highest BCUT2D eigenvalue weighted by Crippen LogP contribution is 2.37. The predicted molar refractivity (Wildman–Crippen MR) is 70.1 cm³/mol. The number of amides is 1. The van der Waals surface area contributed by atoms with E-state index in [4.69, 9.17) is 10.5 Å². The van der Waals surface area contributed by atoms with Gasteiger partial charge in [0.05, 0.1) is 23.1 Å². The van der Waals surface area contributed by atoms with Gasteiger partial charge in [-0.15, -0.1) is 0 Å². The SMILES string of the molecule is NC1C2CCOC2C1NC(=O)c1cc(F)cc([N+](=O)[O-])c1. The molecule has 3 N–H and O–H groups in total. The Morgan fingerprint density at radius 3 is 2.95 bits per heavy atom. The average Bonchev–Trinajstić information content (AvgIpc) is 2.88. The van der Waals surface area contributed by atoms with Crippen LogP contribution < -0.4 is 11.1 Å². The Labute approximate surface area is 119 Å². The van der Waals surface area contributed by atoms with Crippen LogP contribution in [0.2, 0.25) is 0 Å². The average molecular weight is 295 g/mol. The second-order valence-corrected chi connectivity index (χ2v) is 5.32. The molecule has 2 aliphatic rings. The van der Waals surface area contributed by atoms with Gasteiger partial charge in [0.2, 0.25) is 0 Å². The number of carbonyl (C=O) groups is 1. The Kier molecular flexibility index (Phi) is 3.34. The standard InChI is InChI=1S/C13H14FN3O4/c14-7-3-6(4-8(5-7)17(19)20)13(18)16-11-10(15)9-1-2-21-12(9)11/h3-5,9-12H,1-2,15H2,(H,16,18). The topological polar surface area (TPSA) is 107 Å². The van der Waals surface area contributed by atoms with Crippen molar-refractivity contribution in [3.8, 4) is 0 Å². The maximum atomic E-state index is 13.3. The van der Waals surface area contributed by atoms with E-state index in [1.165, 1.54) is 0 Å². The number of nitrogens with two attached hydrogens (primary N) is 1. The molecule has 0 aromatic heterocycles. The number of non-ortho nitro benzene ring substituents is 1. The predicted octanol–water partition coefficient (Wildman–Crippen LogP) is 0.578. The lowest BCUT2D eigenvalue weighted by Gasteiger charge is -2.45. The van der Waals surface area contributed by atoms with Gasteiger partial charge in [0.1, 0.15) is 5.82 Å². The first kappa shape index (κ1) is 13.9. The molecule has 112 valence electrons. The summed E-state index contributed by atoms with van der Waals surface area (Å²) in [5.74, 6) is -1.19. The molecular weight excluding hydrogens is 281 g/mol. The van der Waals surface area contributed by atoms with Crippen LogP contribution in [0.15, 0.2) is 18.2 Å². The molecule has 7 nitrogen and oxygen atoms in total. The number of nitro groups is 1. The van der Waals surface area contributed by atoms with E-state index in [9.17, 15) is 19.3 Å². The van der Waals surface area contributed by atoms with Gasteiger partial charge in [0, 0.05) is 30.2 Å². The number of nitrogens with one attached hydrogen (secondary N) is 1. The Balaban J connectivity index is 1.75. The van der Waals surface area contributed by atoms with Crippen molar-refractivity contribution < 1.29 is 18.8 Å². The molecule has 1 aromatic carbocycles. The van der Waals surface area contributed by atoms with E-state index < -0.39 is 22.3 Å². The van der Waals surface area contributed by atoms with Crippen LogP contribution in [0.3, 0.4) is 0 Å². The first-order valence-corrected chi connectivity index (χ1v) is 6.60. The number of nitro benzene ring substituents is 1. The van der Waals surface area contributed by atoms with Gasteiger partial charge < -0.3 is 15.8 Å². The Hall–Kier alpha value is -2.06. The van der Waals surface area contributed by atoms with Gasteiger partial charge in [0.15, 0.2) is 0 Å². The largest absolute Gasteiger partial charge is 0.376 e. The van der Waals surface area contributed by atoms with Crippen LogP contribution in [0.1, 0.15) is 16.8 Å². The van der Waals surface area contributed by atoms with Crippen molar-refractivity contribution in [1.82, 2.24) is 5.32 Å². The van der Waals surface area contributed by atoms with E-state index >= 15 is 0 Å². The molecule has 21 heavy (non-hydrogen) atoms. The summed E-state index contributed by atoms with van der Waals surface area (Å²) in [6, 6.07) is 2.22. The maximum absolute atomic E-state index is 13.3. The summed E-state index contributed by atoms with van der Waals surface area (Å²) < 4.78 is 18.8. The first-order chi connectivity index (χ1) is 9.97. The Bertz CT molecular complexity index is 609. The molecule has 3 rings (SSSR count). The van der Waals surface area contributed by atoms with Gasteiger partial charge in [-0.1, -0.05) is 0 Å². The van der Waals surface area contributed by atoms with E-state index in [1.54, 1.807) is 0 Å². The lowest BCUT2D eigenvalue weighted by molar-refractivity contribution is -0.385. The molecule has 1 heterocycles. The number of fused-ring (bicyclic) bond motifs is 1. The molecule has 1 aliphatic carbocycles. The number of halogens is 1. The fourth-order valence-electron chi connectivity index (χ4n) is 2.97. The summed E-state index contributed by atoms with van der Waals surface area (Å²) in [6.45, 7) is 0.612. The molecular formula is C13H14FN3O4. The Morgan fingerprint density at radius 2 is 2.24 bits per heavy atom. The van der Waals surface area contributed by atoms with E-state index in [2.05, 4.69) is 5.32 Å². The molecule has 4 unspecified atom stereocenters. The highest BCUT2D eigenvalue weighted by molar-refractivity contribution is 5.95. The fraction of sp³-hybridized carbons (Fsp3) is 0.462. The number of rotatable bonds is 3. The number of benzene rings is 1. The second-order valence-electron chi connectivity index (χ2n) is 5.32. The van der Waals surface area contributed by atoms with Crippen molar-refractivity contribution in [2.45, 2.75) is 24.6 Å². The van der Waals surface area contributed by atoms with Crippen LogP contribution >= 0.6 is 0 Å². The van der Waals surface area contributed by atoms with Gasteiger partial charge >= 0.3 is 0 Å². The molecule has 1 saturated carbocycles. The third-order valence-corrected chi connectivity index (χ3v) is 4.10. The van der Waals surface area contributed by atoms with Crippen LogP contribution in [0.4, 0.5) is 10.1 Å². The zero-order valence-corrected chi connectivity index (χ0v) is 11.0. The molecule has 4 atom stereocenters. The number of hydrogen-bond acceptors (Lipinski definition) is 5. The van der Waals surface area contributed by atoms with Gasteiger partial charge in [0.25, 0.3) is 11.6 Å². The molecule has 1 saturated heterocycles. The molecule has 2 fully saturated rings. The van der Waals surface area contributed by atoms with E-state index in [0.717, 1.165) is 24.6 Å². The smallest absolute Gasteiger partial charge is 0.273 e. The third-order valence-electron chi connectivity index (χ3n) is 4.10. The van der Waals surface area contributed by atoms with Crippen LogP contribution in [-0.2, 0) is 4.74 Å². The molecule has 1 amide bonds. The van der Waals surface area contributed by atoms with Crippen molar-refractivity contribution in [1.29, 1.82) is 0 Å². The monoisotopic (exact) mass is 295 g/mol. The minimum Gasteiger partial charge on any atom is -0.376 e. The van der Waals surface area contributed by atoms with Gasteiger partial charge in [-0.05, 0) is 12.5 Å². The van der Waals surface area contributed by atoms with Crippen LogP contribution in [0.5, 0.6) is 0 Å². The molecule has 0 bridgehead atoms. The summed E-state index contributed by atoms with van der Waals surface area (Å²) in [5, 5.41) is 13.4. The van der Waals surface area contributed by atoms with Crippen molar-refractivity contribution in [2.24, 2.45) is 11.7 Å². The molecule has 0 spiro atoms. The summed E-state index contributed by atoms with van der Waals surface area (Å²) in [4.78, 5) is 22.0. The molecule has 1 aromatic rings. The number of carbonyl (C=O) groups excluding carboxylic acids is 1. The first-order valence-electron chi connectivity index (χ1n) is 6.60. The zero-order valence-electron chi connectivity index (χ0n) is 11.0. The summed E-state index contributed by atoms with van der Waals surface area (Å²) >= 11 is 0. The van der Waals surface area contributed by atoms with Crippen molar-refractivity contribution in [2.75, 3.05) is 6.61 Å². The molecule has 0 radical (unpaired) electrons. The molecule has 8 heteroatoms. The van der Waals surface area contributed by atoms with E-state index in [1.807, 2.05) is 0 Å². The van der Waals surface area contributed by atoms with Crippen LogP contribution in [-0.4, -0.2) is 35.6 Å². The summed E-state index contributed by atoms with van der Waals surface area (Å²) in [7, 11) is 0. The number of nitrogens with zero attached hydrogens (tertiary/aromatic N) is 1. The second kappa shape index (κ2) is 5.05. The van der Waals surface area contributed by atoms with Crippen molar-refractivity contribution >= 4 is 11.6 Å². The lowest BCUT2D eigenvalue weighted by Crippen LogP contribution is -2.68. The highest BCUT2D eigenvalue weighted by Gasteiger charge is 2.52. The molecule has 1 aliphatic heterocycles. The van der Waals surface area contributed by atoms with Gasteiger partial charge in [-0.2, -0.15) is 0 Å². The minimum atomic E-state index is -0.831.